The summed E-state index contributed by atoms with van der Waals surface area (Å²) in [6.07, 6.45) is -2.81. The molecule has 1 unspecified atom stereocenters. The van der Waals surface area contributed by atoms with E-state index in [-0.39, 0.29) is 41.3 Å². The number of hydrogen-bond donors (Lipinski definition) is 2. The van der Waals surface area contributed by atoms with Crippen molar-refractivity contribution in [1.29, 1.82) is 0 Å². The lowest BCUT2D eigenvalue weighted by molar-refractivity contribution is -0.129. The van der Waals surface area contributed by atoms with Crippen LogP contribution in [0.5, 0.6) is 0 Å². The monoisotopic (exact) mass is 683 g/mol. The molecule has 0 radical (unpaired) electrons. The minimum Gasteiger partial charge on any atom is -0.444 e. The molecule has 3 atom stereocenters. The van der Waals surface area contributed by atoms with Crippen LogP contribution in [-0.2, 0) is 14.8 Å². The molecule has 3 heterocycles. The number of carbonyl (C=O) groups is 1. The minimum atomic E-state index is -4.62. The Hall–Kier alpha value is -4.15. The quantitative estimate of drug-likeness (QED) is 0.210. The summed E-state index contributed by atoms with van der Waals surface area (Å²) in [5.74, 6) is -1.29. The van der Waals surface area contributed by atoms with Crippen LogP contribution in [0.1, 0.15) is 66.3 Å². The molecule has 4 rings (SSSR count). The SMILES string of the molecule is CC(C)n1c(=O)c(-c2ccc(NS(=O)(=O)CCC(F)(F)F)cn2)cc2cnc(N=CC3CC[C@H](NC(=O)OC(C)(C)C)[C@H](F)C3)nc21. The molecule has 0 bridgehead atoms. The predicted octanol–water partition coefficient (Wildman–Crippen LogP) is 5.86. The third-order valence-electron chi connectivity index (χ3n) is 7.16. The van der Waals surface area contributed by atoms with Crippen LogP contribution in [0.3, 0.4) is 0 Å². The van der Waals surface area contributed by atoms with E-state index in [1.54, 1.807) is 40.8 Å². The number of alkyl halides is 4. The number of hydrogen-bond acceptors (Lipinski definition) is 9. The first-order valence-electron chi connectivity index (χ1n) is 14.9. The number of rotatable bonds is 9. The van der Waals surface area contributed by atoms with E-state index in [0.717, 1.165) is 6.20 Å². The molecule has 12 nitrogen and oxygen atoms in total. The number of nitrogens with one attached hydrogen (secondary N) is 2. The Kier molecular flexibility index (Phi) is 10.6. The third-order valence-corrected chi connectivity index (χ3v) is 8.45. The number of amides is 1. The molecule has 47 heavy (non-hydrogen) atoms. The molecule has 2 N–H and O–H groups in total. The summed E-state index contributed by atoms with van der Waals surface area (Å²) in [6, 6.07) is 3.20. The maximum atomic E-state index is 14.9. The number of aliphatic imine (C=N–C) groups is 1. The molecule has 1 fully saturated rings. The zero-order chi connectivity index (χ0) is 34.7. The Morgan fingerprint density at radius 2 is 1.89 bits per heavy atom. The van der Waals surface area contributed by atoms with E-state index >= 15 is 0 Å². The fraction of sp³-hybridized carbons (Fsp3) is 0.533. The number of aromatic nitrogens is 4. The highest BCUT2D eigenvalue weighted by molar-refractivity contribution is 7.92. The van der Waals surface area contributed by atoms with E-state index < -0.39 is 57.8 Å². The van der Waals surface area contributed by atoms with Crippen LogP contribution in [0.4, 0.5) is 34.0 Å². The van der Waals surface area contributed by atoms with Gasteiger partial charge in [0.05, 0.1) is 41.4 Å². The summed E-state index contributed by atoms with van der Waals surface area (Å²) in [7, 11) is -4.27. The molecule has 1 amide bonds. The number of anilines is 1. The van der Waals surface area contributed by atoms with Crippen molar-refractivity contribution < 1.29 is 35.5 Å². The Morgan fingerprint density at radius 1 is 1.17 bits per heavy atom. The average Bonchev–Trinajstić information content (AvgIpc) is 2.95. The maximum absolute atomic E-state index is 14.9. The number of alkyl carbamates (subject to hydrolysis) is 1. The molecule has 0 aliphatic heterocycles. The summed E-state index contributed by atoms with van der Waals surface area (Å²) >= 11 is 0. The molecule has 0 aromatic carbocycles. The van der Waals surface area contributed by atoms with E-state index in [0.29, 0.717) is 23.9 Å². The van der Waals surface area contributed by atoms with Gasteiger partial charge in [0.2, 0.25) is 10.0 Å². The standard InChI is InChI=1S/C30H37F4N7O5S/c1-17(2)41-25-19(13-21(26(41)42)23-9-7-20(16-35-23)40-47(44,45)11-10-30(32,33)34)15-37-27(39-25)36-14-18-6-8-24(22(31)12-18)38-28(43)46-29(3,4)5/h7,9,13-18,22,24,40H,6,8,10-12H2,1-5H3,(H,38,43)/t18?,22-,24+/m1/s1. The van der Waals surface area contributed by atoms with Gasteiger partial charge in [0.1, 0.15) is 17.4 Å². The van der Waals surface area contributed by atoms with E-state index in [1.807, 2.05) is 0 Å². The zero-order valence-electron chi connectivity index (χ0n) is 26.5. The molecular formula is C30H37F4N7O5S. The smallest absolute Gasteiger partial charge is 0.407 e. The van der Waals surface area contributed by atoms with Crippen molar-refractivity contribution in [2.45, 2.75) is 90.3 Å². The van der Waals surface area contributed by atoms with Crippen molar-refractivity contribution in [1.82, 2.24) is 24.8 Å². The predicted molar refractivity (Wildman–Crippen MR) is 169 cm³/mol. The molecule has 256 valence electrons. The third kappa shape index (κ3) is 9.92. The highest BCUT2D eigenvalue weighted by Gasteiger charge is 2.32. The molecule has 3 aromatic rings. The molecule has 3 aromatic heterocycles. The van der Waals surface area contributed by atoms with Crippen molar-refractivity contribution in [3.63, 3.8) is 0 Å². The molecule has 1 aliphatic carbocycles. The van der Waals surface area contributed by atoms with Crippen LogP contribution in [0, 0.1) is 5.92 Å². The first-order chi connectivity index (χ1) is 21.8. The number of nitrogens with zero attached hydrogens (tertiary/aromatic N) is 5. The first kappa shape index (κ1) is 35.7. The van der Waals surface area contributed by atoms with Crippen molar-refractivity contribution in [3.8, 4) is 11.3 Å². The highest BCUT2D eigenvalue weighted by atomic mass is 32.2. The van der Waals surface area contributed by atoms with E-state index in [2.05, 4.69) is 30.0 Å². The molecule has 0 saturated heterocycles. The van der Waals surface area contributed by atoms with Crippen LogP contribution in [0.25, 0.3) is 22.3 Å². The number of halogens is 4. The molecule has 17 heteroatoms. The van der Waals surface area contributed by atoms with Gasteiger partial charge in [-0.25, -0.2) is 27.6 Å². The van der Waals surface area contributed by atoms with Gasteiger partial charge in [0.15, 0.2) is 0 Å². The summed E-state index contributed by atoms with van der Waals surface area (Å²) in [6.45, 7) is 8.75. The fourth-order valence-electron chi connectivity index (χ4n) is 5.00. The average molecular weight is 684 g/mol. The van der Waals surface area contributed by atoms with Gasteiger partial charge in [-0.1, -0.05) is 0 Å². The van der Waals surface area contributed by atoms with Gasteiger partial charge < -0.3 is 10.1 Å². The van der Waals surface area contributed by atoms with Gasteiger partial charge in [-0.2, -0.15) is 18.2 Å². The van der Waals surface area contributed by atoms with Gasteiger partial charge in [-0.05, 0) is 78.0 Å². The van der Waals surface area contributed by atoms with Crippen LogP contribution < -0.4 is 15.6 Å². The number of fused-ring (bicyclic) bond motifs is 1. The fourth-order valence-corrected chi connectivity index (χ4v) is 6.09. The number of pyridine rings is 2. The second-order valence-electron chi connectivity index (χ2n) is 12.6. The van der Waals surface area contributed by atoms with Gasteiger partial charge in [-0.3, -0.25) is 19.1 Å². The normalized spacial score (nSPS) is 19.3. The van der Waals surface area contributed by atoms with E-state index in [9.17, 15) is 35.6 Å². The van der Waals surface area contributed by atoms with Crippen molar-refractivity contribution >= 4 is 45.0 Å². The van der Waals surface area contributed by atoms with Crippen LogP contribution in [0.15, 0.2) is 40.4 Å². The van der Waals surface area contributed by atoms with Crippen molar-refractivity contribution in [2.24, 2.45) is 10.9 Å². The van der Waals surface area contributed by atoms with Crippen molar-refractivity contribution in [2.75, 3.05) is 10.5 Å². The first-order valence-corrected chi connectivity index (χ1v) is 16.6. The topological polar surface area (TPSA) is 158 Å². The number of carbonyl (C=O) groups excluding carboxylic acids is 1. The summed E-state index contributed by atoms with van der Waals surface area (Å²) in [5, 5.41) is 3.08. The zero-order valence-corrected chi connectivity index (χ0v) is 27.3. The van der Waals surface area contributed by atoms with Crippen molar-refractivity contribution in [3.05, 3.63) is 40.9 Å². The molecule has 0 spiro atoms. The Bertz CT molecular complexity index is 1790. The van der Waals surface area contributed by atoms with E-state index in [4.69, 9.17) is 4.74 Å². The van der Waals surface area contributed by atoms with Crippen LogP contribution >= 0.6 is 0 Å². The Balaban J connectivity index is 1.50. The van der Waals surface area contributed by atoms with Gasteiger partial charge >= 0.3 is 12.3 Å². The van der Waals surface area contributed by atoms with Crippen LogP contribution in [0.2, 0.25) is 0 Å². The lowest BCUT2D eigenvalue weighted by Gasteiger charge is -2.31. The van der Waals surface area contributed by atoms with Gasteiger partial charge in [0, 0.05) is 23.8 Å². The highest BCUT2D eigenvalue weighted by Crippen LogP contribution is 2.28. The number of sulfonamides is 1. The Morgan fingerprint density at radius 3 is 2.49 bits per heavy atom. The second kappa shape index (κ2) is 13.9. The largest absolute Gasteiger partial charge is 0.444 e. The molecule has 1 aliphatic rings. The van der Waals surface area contributed by atoms with Gasteiger partial charge in [-0.15, -0.1) is 0 Å². The lowest BCUT2D eigenvalue weighted by Crippen LogP contribution is -2.46. The molecular weight excluding hydrogens is 646 g/mol. The van der Waals surface area contributed by atoms with E-state index in [1.165, 1.54) is 29.0 Å². The maximum Gasteiger partial charge on any atom is 0.407 e. The summed E-state index contributed by atoms with van der Waals surface area (Å²) in [5.41, 5.74) is -0.519. The number of ether oxygens (including phenoxy) is 1. The Labute approximate surface area is 269 Å². The second-order valence-corrected chi connectivity index (χ2v) is 14.5. The minimum absolute atomic E-state index is 0.0568. The molecule has 1 saturated carbocycles. The summed E-state index contributed by atoms with van der Waals surface area (Å²) in [4.78, 5) is 42.9. The lowest BCUT2D eigenvalue weighted by atomic mass is 9.85. The summed E-state index contributed by atoms with van der Waals surface area (Å²) < 4.78 is 85.0. The van der Waals surface area contributed by atoms with Crippen LogP contribution in [-0.4, -0.2) is 70.0 Å². The van der Waals surface area contributed by atoms with Gasteiger partial charge in [0.25, 0.3) is 11.5 Å².